The second-order valence-corrected chi connectivity index (χ2v) is 7.94. The van der Waals surface area contributed by atoms with Gasteiger partial charge in [-0.05, 0) is 44.9 Å². The molecular weight excluding hydrogens is 298 g/mol. The highest BCUT2D eigenvalue weighted by atomic mass is 16.6. The van der Waals surface area contributed by atoms with Crippen LogP contribution in [0.5, 0.6) is 0 Å². The second kappa shape index (κ2) is 4.35. The van der Waals surface area contributed by atoms with Gasteiger partial charge in [0.25, 0.3) is 5.91 Å². The van der Waals surface area contributed by atoms with Gasteiger partial charge in [-0.1, -0.05) is 12.2 Å². The van der Waals surface area contributed by atoms with E-state index < -0.39 is 23.1 Å². The van der Waals surface area contributed by atoms with Crippen LogP contribution in [0.3, 0.4) is 0 Å². The summed E-state index contributed by atoms with van der Waals surface area (Å²) < 4.78 is 5.11. The third-order valence-corrected chi connectivity index (χ3v) is 5.39. The molecule has 7 heteroatoms. The van der Waals surface area contributed by atoms with Crippen molar-refractivity contribution in [2.45, 2.75) is 44.4 Å². The Bertz CT molecular complexity index is 625. The van der Waals surface area contributed by atoms with E-state index in [2.05, 4.69) is 22.9 Å². The van der Waals surface area contributed by atoms with E-state index in [-0.39, 0.29) is 12.0 Å². The molecule has 2 bridgehead atoms. The molecule has 3 fully saturated rings. The van der Waals surface area contributed by atoms with Gasteiger partial charge in [0.15, 0.2) is 0 Å². The van der Waals surface area contributed by atoms with Crippen LogP contribution in [0.15, 0.2) is 12.2 Å². The van der Waals surface area contributed by atoms with E-state index in [0.29, 0.717) is 24.2 Å². The van der Waals surface area contributed by atoms with Crippen molar-refractivity contribution in [2.24, 2.45) is 23.7 Å². The van der Waals surface area contributed by atoms with Crippen molar-refractivity contribution in [1.29, 1.82) is 0 Å². The Balaban J connectivity index is 1.49. The second-order valence-electron chi connectivity index (χ2n) is 7.94. The number of carbonyl (C=O) groups is 3. The SMILES string of the molecule is CC(C)(C)OC(=O)NN(C=O)C(=O)C12NC1C1C=CC2C2CC12. The summed E-state index contributed by atoms with van der Waals surface area (Å²) in [5.41, 5.74) is 0.821. The standard InChI is InChI=1S/C16H21N3O4/c1-15(2,3)23-14(22)18-19(7-20)13(21)16-11-5-4-8(12(16)17-16)9-6-10(9)11/h4-5,7-12,17H,6H2,1-3H3,(H,18,22). The Labute approximate surface area is 134 Å². The van der Waals surface area contributed by atoms with Crippen molar-refractivity contribution in [3.63, 3.8) is 0 Å². The zero-order valence-corrected chi connectivity index (χ0v) is 13.4. The molecule has 0 radical (unpaired) electrons. The number of nitrogens with one attached hydrogen (secondary N) is 2. The molecule has 124 valence electrons. The Kier molecular flexibility index (Phi) is 2.77. The van der Waals surface area contributed by atoms with Gasteiger partial charge >= 0.3 is 6.09 Å². The smallest absolute Gasteiger partial charge is 0.427 e. The number of imide groups is 1. The van der Waals surface area contributed by atoms with Gasteiger partial charge in [0, 0.05) is 12.0 Å². The van der Waals surface area contributed by atoms with Crippen LogP contribution < -0.4 is 10.7 Å². The first-order valence-corrected chi connectivity index (χ1v) is 8.02. The van der Waals surface area contributed by atoms with Gasteiger partial charge in [-0.15, -0.1) is 0 Å². The number of amides is 3. The van der Waals surface area contributed by atoms with Crippen molar-refractivity contribution in [2.75, 3.05) is 0 Å². The topological polar surface area (TPSA) is 97.7 Å². The summed E-state index contributed by atoms with van der Waals surface area (Å²) >= 11 is 0. The average Bonchev–Trinajstić information content (AvgIpc) is 3.34. The molecule has 5 aliphatic rings. The number of nitrogens with zero attached hydrogens (tertiary/aromatic N) is 1. The summed E-state index contributed by atoms with van der Waals surface area (Å²) in [4.78, 5) is 36.1. The van der Waals surface area contributed by atoms with Gasteiger partial charge in [0.05, 0.1) is 0 Å². The first-order chi connectivity index (χ1) is 10.8. The lowest BCUT2D eigenvalue weighted by atomic mass is 9.68. The molecule has 0 aromatic carbocycles. The lowest BCUT2D eigenvalue weighted by molar-refractivity contribution is -0.145. The first-order valence-electron chi connectivity index (χ1n) is 8.02. The predicted octanol–water partition coefficient (Wildman–Crippen LogP) is 0.574. The van der Waals surface area contributed by atoms with Crippen molar-refractivity contribution in [3.8, 4) is 0 Å². The minimum absolute atomic E-state index is 0.0802. The molecule has 1 saturated heterocycles. The van der Waals surface area contributed by atoms with Crippen LogP contribution in [0.1, 0.15) is 27.2 Å². The Morgan fingerprint density at radius 1 is 1.35 bits per heavy atom. The van der Waals surface area contributed by atoms with Crippen molar-refractivity contribution >= 4 is 18.4 Å². The Morgan fingerprint density at radius 2 is 2.09 bits per heavy atom. The highest BCUT2D eigenvalue weighted by Crippen LogP contribution is 2.67. The maximum Gasteiger partial charge on any atom is 0.427 e. The molecule has 3 amide bonds. The minimum atomic E-state index is -0.813. The summed E-state index contributed by atoms with van der Waals surface area (Å²) in [6.45, 7) is 5.15. The first kappa shape index (κ1) is 14.7. The molecule has 1 aliphatic heterocycles. The molecule has 6 atom stereocenters. The lowest BCUT2D eigenvalue weighted by Crippen LogP contribution is -2.57. The van der Waals surface area contributed by atoms with Gasteiger partial charge in [-0.25, -0.2) is 10.2 Å². The highest BCUT2D eigenvalue weighted by Gasteiger charge is 2.77. The molecule has 7 nitrogen and oxygen atoms in total. The van der Waals surface area contributed by atoms with Gasteiger partial charge in [0.1, 0.15) is 11.1 Å². The van der Waals surface area contributed by atoms with Crippen LogP contribution in [0.4, 0.5) is 4.79 Å². The fourth-order valence-electron chi connectivity index (χ4n) is 4.45. The molecule has 5 rings (SSSR count). The summed E-state index contributed by atoms with van der Waals surface area (Å²) in [6.07, 6.45) is 4.97. The Hall–Kier alpha value is -1.89. The molecule has 0 spiro atoms. The zero-order chi connectivity index (χ0) is 16.6. The normalized spacial score (nSPS) is 41.4. The van der Waals surface area contributed by atoms with E-state index in [1.165, 1.54) is 0 Å². The summed E-state index contributed by atoms with van der Waals surface area (Å²) in [5, 5.41) is 4.03. The van der Waals surface area contributed by atoms with E-state index in [4.69, 9.17) is 4.74 Å². The van der Waals surface area contributed by atoms with Gasteiger partial charge < -0.3 is 4.74 Å². The maximum atomic E-state index is 12.9. The Morgan fingerprint density at radius 3 is 2.74 bits per heavy atom. The molecular formula is C16H21N3O4. The third kappa shape index (κ3) is 2.02. The molecule has 23 heavy (non-hydrogen) atoms. The van der Waals surface area contributed by atoms with Crippen LogP contribution >= 0.6 is 0 Å². The van der Waals surface area contributed by atoms with E-state index in [0.717, 1.165) is 11.4 Å². The summed E-state index contributed by atoms with van der Waals surface area (Å²) in [5.74, 6) is 1.28. The fraction of sp³-hybridized carbons (Fsp3) is 0.688. The van der Waals surface area contributed by atoms with E-state index >= 15 is 0 Å². The predicted molar refractivity (Wildman–Crippen MR) is 79.7 cm³/mol. The number of hydrazine groups is 1. The molecule has 0 aromatic heterocycles. The number of ether oxygens (including phenoxy) is 1. The minimum Gasteiger partial charge on any atom is -0.443 e. The quantitative estimate of drug-likeness (QED) is 0.336. The van der Waals surface area contributed by atoms with Crippen molar-refractivity contribution < 1.29 is 19.1 Å². The largest absolute Gasteiger partial charge is 0.443 e. The highest BCUT2D eigenvalue weighted by molar-refractivity contribution is 5.99. The molecule has 0 aromatic rings. The number of hydrogen-bond acceptors (Lipinski definition) is 5. The number of rotatable bonds is 2. The zero-order valence-electron chi connectivity index (χ0n) is 13.4. The van der Waals surface area contributed by atoms with Crippen molar-refractivity contribution in [1.82, 2.24) is 15.8 Å². The van der Waals surface area contributed by atoms with Crippen LogP contribution in [-0.2, 0) is 14.3 Å². The van der Waals surface area contributed by atoms with E-state index in [1.807, 2.05) is 0 Å². The average molecular weight is 319 g/mol. The maximum absolute atomic E-state index is 12.9. The van der Waals surface area contributed by atoms with E-state index in [9.17, 15) is 14.4 Å². The van der Waals surface area contributed by atoms with E-state index in [1.54, 1.807) is 20.8 Å². The molecule has 2 saturated carbocycles. The summed E-state index contributed by atoms with van der Waals surface area (Å²) in [6, 6.07) is 0.0802. The van der Waals surface area contributed by atoms with Crippen LogP contribution in [-0.4, -0.2) is 40.6 Å². The third-order valence-electron chi connectivity index (χ3n) is 5.39. The molecule has 4 aliphatic carbocycles. The lowest BCUT2D eigenvalue weighted by Gasteiger charge is -2.35. The van der Waals surface area contributed by atoms with Crippen LogP contribution in [0.25, 0.3) is 0 Å². The van der Waals surface area contributed by atoms with Gasteiger partial charge in [-0.3, -0.25) is 14.9 Å². The van der Waals surface area contributed by atoms with Gasteiger partial charge in [0.2, 0.25) is 6.41 Å². The van der Waals surface area contributed by atoms with Crippen molar-refractivity contribution in [3.05, 3.63) is 12.2 Å². The fourth-order valence-corrected chi connectivity index (χ4v) is 4.45. The molecule has 2 N–H and O–H groups in total. The van der Waals surface area contributed by atoms with Gasteiger partial charge in [-0.2, -0.15) is 5.01 Å². The summed E-state index contributed by atoms with van der Waals surface area (Å²) in [7, 11) is 0. The molecule has 6 unspecified atom stereocenters. The number of carbonyl (C=O) groups excluding carboxylic acids is 3. The van der Waals surface area contributed by atoms with Crippen LogP contribution in [0, 0.1) is 23.7 Å². The monoisotopic (exact) mass is 319 g/mol. The number of hydrogen-bond donors (Lipinski definition) is 2. The van der Waals surface area contributed by atoms with Crippen LogP contribution in [0.2, 0.25) is 0 Å². The molecule has 1 heterocycles.